The van der Waals surface area contributed by atoms with Gasteiger partial charge in [-0.1, -0.05) is 28.1 Å². The Hall–Kier alpha value is -0.410. The van der Waals surface area contributed by atoms with Crippen LogP contribution in [0.3, 0.4) is 0 Å². The van der Waals surface area contributed by atoms with E-state index in [2.05, 4.69) is 46.0 Å². The molecule has 1 aliphatic rings. The van der Waals surface area contributed by atoms with Gasteiger partial charge < -0.3 is 0 Å². The molecule has 0 unspecified atom stereocenters. The van der Waals surface area contributed by atoms with Gasteiger partial charge >= 0.3 is 0 Å². The van der Waals surface area contributed by atoms with Crippen molar-refractivity contribution in [2.45, 2.75) is 26.1 Å². The van der Waals surface area contributed by atoms with Gasteiger partial charge in [0.15, 0.2) is 0 Å². The number of aryl methyl sites for hydroxylation is 1. The summed E-state index contributed by atoms with van der Waals surface area (Å²) in [5, 5.41) is 0. The summed E-state index contributed by atoms with van der Waals surface area (Å²) in [6.45, 7) is 4.38. The smallest absolute Gasteiger partial charge is 0.114 e. The first-order valence-corrected chi connectivity index (χ1v) is 6.06. The number of likely N-dealkylation sites (tertiary alicyclic amines) is 1. The highest BCUT2D eigenvalue weighted by Crippen LogP contribution is 2.22. The van der Waals surface area contributed by atoms with Crippen LogP contribution in [0.15, 0.2) is 22.7 Å². The maximum absolute atomic E-state index is 13.0. The van der Waals surface area contributed by atoms with Crippen LogP contribution in [-0.4, -0.2) is 24.2 Å². The molecule has 1 nitrogen and oxygen atoms in total. The largest absolute Gasteiger partial charge is 0.296 e. The van der Waals surface area contributed by atoms with Crippen molar-refractivity contribution in [3.05, 3.63) is 33.8 Å². The summed E-state index contributed by atoms with van der Waals surface area (Å²) in [5.41, 5.74) is 2.49. The van der Waals surface area contributed by atoms with Crippen molar-refractivity contribution in [1.29, 1.82) is 0 Å². The zero-order valence-electron chi connectivity index (χ0n) is 8.84. The van der Waals surface area contributed by atoms with Crippen molar-refractivity contribution in [2.75, 3.05) is 13.1 Å². The van der Waals surface area contributed by atoms with E-state index in [1.807, 2.05) is 0 Å². The second-order valence-electron chi connectivity index (χ2n) is 4.22. The van der Waals surface area contributed by atoms with E-state index in [-0.39, 0.29) is 0 Å². The Labute approximate surface area is 98.4 Å². The molecule has 1 aliphatic heterocycles. The molecule has 0 aromatic heterocycles. The first-order chi connectivity index (χ1) is 7.15. The summed E-state index contributed by atoms with van der Waals surface area (Å²) >= 11 is 3.55. The molecule has 1 atom stereocenters. The molecule has 1 aromatic carbocycles. The van der Waals surface area contributed by atoms with Gasteiger partial charge in [0.2, 0.25) is 0 Å². The van der Waals surface area contributed by atoms with Crippen LogP contribution in [0.2, 0.25) is 0 Å². The van der Waals surface area contributed by atoms with E-state index in [4.69, 9.17) is 0 Å². The number of rotatable bonds is 2. The van der Waals surface area contributed by atoms with Gasteiger partial charge in [-0.3, -0.25) is 4.90 Å². The number of benzene rings is 1. The van der Waals surface area contributed by atoms with Gasteiger partial charge in [-0.05, 0) is 30.5 Å². The number of hydrogen-bond donors (Lipinski definition) is 0. The van der Waals surface area contributed by atoms with Crippen molar-refractivity contribution in [3.8, 4) is 0 Å². The Bertz CT molecular complexity index is 353. The zero-order valence-corrected chi connectivity index (χ0v) is 10.4. The Morgan fingerprint density at radius 3 is 2.93 bits per heavy atom. The van der Waals surface area contributed by atoms with E-state index in [0.29, 0.717) is 13.0 Å². The standard InChI is InChI=1S/C12H15BrFN/c1-9-2-3-10(12(13)6-9)7-15-5-4-11(14)8-15/h2-3,6,11H,4-5,7-8H2,1H3/t11-/m1/s1. The Balaban J connectivity index is 2.04. The van der Waals surface area contributed by atoms with Crippen LogP contribution in [0.1, 0.15) is 17.5 Å². The average molecular weight is 272 g/mol. The minimum absolute atomic E-state index is 0.584. The Morgan fingerprint density at radius 1 is 1.53 bits per heavy atom. The molecule has 0 saturated carbocycles. The van der Waals surface area contributed by atoms with Crippen molar-refractivity contribution in [2.24, 2.45) is 0 Å². The van der Waals surface area contributed by atoms with Crippen LogP contribution in [0.4, 0.5) is 4.39 Å². The minimum atomic E-state index is -0.630. The fraction of sp³-hybridized carbons (Fsp3) is 0.500. The molecule has 1 heterocycles. The fourth-order valence-corrected chi connectivity index (χ4v) is 2.57. The number of hydrogen-bond acceptors (Lipinski definition) is 1. The maximum atomic E-state index is 13.0. The SMILES string of the molecule is Cc1ccc(CN2CC[C@@H](F)C2)c(Br)c1. The van der Waals surface area contributed by atoms with E-state index >= 15 is 0 Å². The van der Waals surface area contributed by atoms with Crippen molar-refractivity contribution >= 4 is 15.9 Å². The predicted octanol–water partition coefficient (Wildman–Crippen LogP) is 3.30. The highest BCUT2D eigenvalue weighted by Gasteiger charge is 2.21. The van der Waals surface area contributed by atoms with Gasteiger partial charge in [0.1, 0.15) is 6.17 Å². The zero-order chi connectivity index (χ0) is 10.8. The lowest BCUT2D eigenvalue weighted by Gasteiger charge is -2.15. The van der Waals surface area contributed by atoms with Crippen LogP contribution in [-0.2, 0) is 6.54 Å². The van der Waals surface area contributed by atoms with E-state index < -0.39 is 6.17 Å². The lowest BCUT2D eigenvalue weighted by molar-refractivity contribution is 0.282. The molecule has 0 N–H and O–H groups in total. The van der Waals surface area contributed by atoms with Gasteiger partial charge in [-0.25, -0.2) is 4.39 Å². The summed E-state index contributed by atoms with van der Waals surface area (Å²) in [5.74, 6) is 0. The van der Waals surface area contributed by atoms with E-state index in [9.17, 15) is 4.39 Å². The molecule has 82 valence electrons. The molecule has 1 aromatic rings. The third kappa shape index (κ3) is 2.79. The van der Waals surface area contributed by atoms with E-state index in [1.165, 1.54) is 11.1 Å². The van der Waals surface area contributed by atoms with Crippen molar-refractivity contribution in [3.63, 3.8) is 0 Å². The van der Waals surface area contributed by atoms with Crippen molar-refractivity contribution in [1.82, 2.24) is 4.90 Å². The van der Waals surface area contributed by atoms with Crippen LogP contribution < -0.4 is 0 Å². The van der Waals surface area contributed by atoms with E-state index in [1.54, 1.807) is 0 Å². The highest BCUT2D eigenvalue weighted by molar-refractivity contribution is 9.10. The molecule has 0 radical (unpaired) electrons. The molecule has 0 amide bonds. The number of nitrogens with zero attached hydrogens (tertiary/aromatic N) is 1. The normalized spacial score (nSPS) is 22.2. The molecular formula is C12H15BrFN. The Kier molecular flexibility index (Phi) is 3.42. The Morgan fingerprint density at radius 2 is 2.33 bits per heavy atom. The number of halogens is 2. The van der Waals surface area contributed by atoms with Crippen LogP contribution in [0, 0.1) is 6.92 Å². The summed E-state index contributed by atoms with van der Waals surface area (Å²) in [6.07, 6.45) is 0.0537. The molecule has 0 bridgehead atoms. The summed E-state index contributed by atoms with van der Waals surface area (Å²) in [4.78, 5) is 2.17. The average Bonchev–Trinajstić information content (AvgIpc) is 2.56. The van der Waals surface area contributed by atoms with Gasteiger partial charge in [0, 0.05) is 24.1 Å². The third-order valence-electron chi connectivity index (χ3n) is 2.82. The summed E-state index contributed by atoms with van der Waals surface area (Å²) < 4.78 is 14.1. The minimum Gasteiger partial charge on any atom is -0.296 e. The lowest BCUT2D eigenvalue weighted by atomic mass is 10.1. The third-order valence-corrected chi connectivity index (χ3v) is 3.56. The monoisotopic (exact) mass is 271 g/mol. The first-order valence-electron chi connectivity index (χ1n) is 5.26. The van der Waals surface area contributed by atoms with Gasteiger partial charge in [0.05, 0.1) is 0 Å². The first kappa shape index (κ1) is 11.1. The van der Waals surface area contributed by atoms with Gasteiger partial charge in [-0.15, -0.1) is 0 Å². The summed E-state index contributed by atoms with van der Waals surface area (Å²) in [7, 11) is 0. The van der Waals surface area contributed by atoms with Crippen molar-refractivity contribution < 1.29 is 4.39 Å². The highest BCUT2D eigenvalue weighted by atomic mass is 79.9. The second kappa shape index (κ2) is 4.62. The van der Waals surface area contributed by atoms with Gasteiger partial charge in [0.25, 0.3) is 0 Å². The lowest BCUT2D eigenvalue weighted by Crippen LogP contribution is -2.20. The molecule has 3 heteroatoms. The topological polar surface area (TPSA) is 3.24 Å². The molecule has 1 saturated heterocycles. The predicted molar refractivity (Wildman–Crippen MR) is 63.7 cm³/mol. The molecule has 0 spiro atoms. The van der Waals surface area contributed by atoms with Crippen LogP contribution >= 0.6 is 15.9 Å². The fourth-order valence-electron chi connectivity index (χ4n) is 1.95. The second-order valence-corrected chi connectivity index (χ2v) is 5.07. The molecule has 1 fully saturated rings. The molecular weight excluding hydrogens is 257 g/mol. The van der Waals surface area contributed by atoms with Crippen LogP contribution in [0.5, 0.6) is 0 Å². The molecule has 0 aliphatic carbocycles. The van der Waals surface area contributed by atoms with E-state index in [0.717, 1.165) is 17.6 Å². The van der Waals surface area contributed by atoms with Gasteiger partial charge in [-0.2, -0.15) is 0 Å². The quantitative estimate of drug-likeness (QED) is 0.798. The number of alkyl halides is 1. The molecule has 2 rings (SSSR count). The van der Waals surface area contributed by atoms with Crippen LogP contribution in [0.25, 0.3) is 0 Å². The maximum Gasteiger partial charge on any atom is 0.114 e. The summed E-state index contributed by atoms with van der Waals surface area (Å²) in [6, 6.07) is 6.33. The molecule has 15 heavy (non-hydrogen) atoms.